The minimum absolute atomic E-state index is 0.0302. The molecule has 5 nitrogen and oxygen atoms in total. The lowest BCUT2D eigenvalue weighted by atomic mass is 10.0. The third-order valence-electron chi connectivity index (χ3n) is 2.62. The molecule has 0 aromatic heterocycles. The second-order valence-electron chi connectivity index (χ2n) is 3.95. The van der Waals surface area contributed by atoms with Crippen molar-refractivity contribution in [1.82, 2.24) is 5.32 Å². The number of rotatable bonds is 6. The Morgan fingerprint density at radius 2 is 2.11 bits per heavy atom. The van der Waals surface area contributed by atoms with Crippen molar-refractivity contribution in [3.63, 3.8) is 0 Å². The van der Waals surface area contributed by atoms with Gasteiger partial charge < -0.3 is 20.6 Å². The fourth-order valence-electron chi connectivity index (χ4n) is 1.56. The maximum Gasteiger partial charge on any atom is 0.337 e. The zero-order chi connectivity index (χ0) is 13.7. The Hall–Kier alpha value is -1.14. The normalized spacial score (nSPS) is 14.2. The molecule has 6 heteroatoms. The van der Waals surface area contributed by atoms with Crippen molar-refractivity contribution in [2.24, 2.45) is 0 Å². The molecule has 4 N–H and O–H groups in total. The first kappa shape index (κ1) is 14.9. The number of aromatic carboxylic acids is 1. The quantitative estimate of drug-likeness (QED) is 0.622. The van der Waals surface area contributed by atoms with E-state index in [1.165, 1.54) is 18.2 Å². The fourth-order valence-corrected chi connectivity index (χ4v) is 1.83. The number of nitrogens with one attached hydrogen (secondary N) is 1. The molecule has 0 saturated carbocycles. The molecule has 0 aliphatic heterocycles. The summed E-state index contributed by atoms with van der Waals surface area (Å²) >= 11 is 5.79. The van der Waals surface area contributed by atoms with E-state index in [9.17, 15) is 15.0 Å². The van der Waals surface area contributed by atoms with E-state index in [1.54, 1.807) is 7.05 Å². The number of hydrogen-bond donors (Lipinski definition) is 4. The van der Waals surface area contributed by atoms with Gasteiger partial charge in [0.25, 0.3) is 0 Å². The molecule has 0 aliphatic carbocycles. The summed E-state index contributed by atoms with van der Waals surface area (Å²) in [6, 6.07) is 4.12. The van der Waals surface area contributed by atoms with Crippen LogP contribution in [0.3, 0.4) is 0 Å². The summed E-state index contributed by atoms with van der Waals surface area (Å²) in [5.41, 5.74) is 0.367. The second-order valence-corrected chi connectivity index (χ2v) is 4.36. The zero-order valence-corrected chi connectivity index (χ0v) is 10.7. The number of hydrogen-bond acceptors (Lipinski definition) is 4. The highest BCUT2D eigenvalue weighted by Gasteiger charge is 2.19. The van der Waals surface area contributed by atoms with Gasteiger partial charge in [-0.3, -0.25) is 0 Å². The Morgan fingerprint density at radius 3 is 2.61 bits per heavy atom. The predicted octanol–water partition coefficient (Wildman–Crippen LogP) is 1.04. The number of aliphatic hydroxyl groups excluding tert-OH is 2. The molecule has 2 atom stereocenters. The summed E-state index contributed by atoms with van der Waals surface area (Å²) in [6.07, 6.45) is -1.63. The molecule has 0 aliphatic rings. The molecule has 0 amide bonds. The van der Waals surface area contributed by atoms with E-state index in [0.29, 0.717) is 18.5 Å². The van der Waals surface area contributed by atoms with Gasteiger partial charge in [0, 0.05) is 0 Å². The lowest BCUT2D eigenvalue weighted by Gasteiger charge is -2.18. The van der Waals surface area contributed by atoms with Crippen molar-refractivity contribution >= 4 is 17.6 Å². The third kappa shape index (κ3) is 3.68. The van der Waals surface area contributed by atoms with Crippen LogP contribution < -0.4 is 5.32 Å². The molecule has 0 radical (unpaired) electrons. The van der Waals surface area contributed by atoms with Crippen molar-refractivity contribution in [3.05, 3.63) is 34.3 Å². The maximum absolute atomic E-state index is 10.8. The highest BCUT2D eigenvalue weighted by atomic mass is 35.5. The van der Waals surface area contributed by atoms with E-state index in [-0.39, 0.29) is 10.6 Å². The van der Waals surface area contributed by atoms with Gasteiger partial charge in [0.1, 0.15) is 6.10 Å². The first-order valence-corrected chi connectivity index (χ1v) is 5.88. The highest BCUT2D eigenvalue weighted by molar-refractivity contribution is 6.33. The topological polar surface area (TPSA) is 89.8 Å². The van der Waals surface area contributed by atoms with Crippen LogP contribution in [-0.4, -0.2) is 41.0 Å². The summed E-state index contributed by atoms with van der Waals surface area (Å²) in [6.45, 7) is 0.569. The van der Waals surface area contributed by atoms with Crippen molar-refractivity contribution < 1.29 is 20.1 Å². The first-order valence-electron chi connectivity index (χ1n) is 5.50. The molecule has 1 aromatic rings. The standard InChI is InChI=1S/C12H16ClNO4/c1-14-5-4-10(15)11(16)7-2-3-8(12(17)18)9(13)6-7/h2-3,6,10-11,14-16H,4-5H2,1H3,(H,17,18). The van der Waals surface area contributed by atoms with E-state index in [2.05, 4.69) is 5.32 Å². The fraction of sp³-hybridized carbons (Fsp3) is 0.417. The number of carboxylic acids is 1. The molecule has 1 aromatic carbocycles. The van der Waals surface area contributed by atoms with Crippen LogP contribution in [0, 0.1) is 0 Å². The van der Waals surface area contributed by atoms with Crippen LogP contribution in [0.4, 0.5) is 0 Å². The Morgan fingerprint density at radius 1 is 1.44 bits per heavy atom. The van der Waals surface area contributed by atoms with Gasteiger partial charge in [0.2, 0.25) is 0 Å². The van der Waals surface area contributed by atoms with Gasteiger partial charge in [0.15, 0.2) is 0 Å². The van der Waals surface area contributed by atoms with Crippen molar-refractivity contribution in [3.8, 4) is 0 Å². The van der Waals surface area contributed by atoms with E-state index in [0.717, 1.165) is 0 Å². The first-order chi connectivity index (χ1) is 8.47. The van der Waals surface area contributed by atoms with Crippen molar-refractivity contribution in [2.45, 2.75) is 18.6 Å². The molecule has 0 heterocycles. The van der Waals surface area contributed by atoms with Gasteiger partial charge in [-0.1, -0.05) is 17.7 Å². The molecule has 18 heavy (non-hydrogen) atoms. The van der Waals surface area contributed by atoms with E-state index in [4.69, 9.17) is 16.7 Å². The molecular formula is C12H16ClNO4. The van der Waals surface area contributed by atoms with Gasteiger partial charge in [-0.15, -0.1) is 0 Å². The van der Waals surface area contributed by atoms with Crippen LogP contribution in [0.2, 0.25) is 5.02 Å². The number of benzene rings is 1. The number of halogens is 1. The predicted molar refractivity (Wildman–Crippen MR) is 67.9 cm³/mol. The lowest BCUT2D eigenvalue weighted by molar-refractivity contribution is 0.0140. The summed E-state index contributed by atoms with van der Waals surface area (Å²) in [5, 5.41) is 31.3. The Labute approximate surface area is 110 Å². The van der Waals surface area contributed by atoms with Crippen LogP contribution in [-0.2, 0) is 0 Å². The molecule has 0 saturated heterocycles. The van der Waals surface area contributed by atoms with Crippen molar-refractivity contribution in [2.75, 3.05) is 13.6 Å². The monoisotopic (exact) mass is 273 g/mol. The number of carboxylic acid groups (broad SMARTS) is 1. The second kappa shape index (κ2) is 6.70. The van der Waals surface area contributed by atoms with Gasteiger partial charge in [-0.05, 0) is 37.7 Å². The van der Waals surface area contributed by atoms with Gasteiger partial charge in [0.05, 0.1) is 16.7 Å². The largest absolute Gasteiger partial charge is 0.478 e. The summed E-state index contributed by atoms with van der Waals surface area (Å²) in [5.74, 6) is -1.13. The molecule has 0 bridgehead atoms. The maximum atomic E-state index is 10.8. The van der Waals surface area contributed by atoms with E-state index >= 15 is 0 Å². The minimum atomic E-state index is -1.13. The van der Waals surface area contributed by atoms with E-state index in [1.807, 2.05) is 0 Å². The van der Waals surface area contributed by atoms with Gasteiger partial charge in [-0.2, -0.15) is 0 Å². The molecule has 2 unspecified atom stereocenters. The van der Waals surface area contributed by atoms with E-state index < -0.39 is 18.2 Å². The van der Waals surface area contributed by atoms with Crippen LogP contribution in [0.25, 0.3) is 0 Å². The van der Waals surface area contributed by atoms with Gasteiger partial charge >= 0.3 is 5.97 Å². The summed E-state index contributed by atoms with van der Waals surface area (Å²) in [4.78, 5) is 10.8. The molecule has 0 fully saturated rings. The van der Waals surface area contributed by atoms with Crippen LogP contribution >= 0.6 is 11.6 Å². The smallest absolute Gasteiger partial charge is 0.337 e. The Bertz CT molecular complexity index is 425. The highest BCUT2D eigenvalue weighted by Crippen LogP contribution is 2.24. The molecular weight excluding hydrogens is 258 g/mol. The molecule has 100 valence electrons. The Balaban J connectivity index is 2.83. The van der Waals surface area contributed by atoms with Crippen molar-refractivity contribution in [1.29, 1.82) is 0 Å². The molecule has 0 spiro atoms. The Kier molecular flexibility index (Phi) is 5.55. The minimum Gasteiger partial charge on any atom is -0.478 e. The number of carbonyl (C=O) groups is 1. The lowest BCUT2D eigenvalue weighted by Crippen LogP contribution is -2.23. The van der Waals surface area contributed by atoms with Crippen LogP contribution in [0.5, 0.6) is 0 Å². The van der Waals surface area contributed by atoms with Crippen LogP contribution in [0.15, 0.2) is 18.2 Å². The zero-order valence-electron chi connectivity index (χ0n) is 9.93. The summed E-state index contributed by atoms with van der Waals surface area (Å²) in [7, 11) is 1.75. The molecule has 1 rings (SSSR count). The third-order valence-corrected chi connectivity index (χ3v) is 2.93. The van der Waals surface area contributed by atoms with Gasteiger partial charge in [-0.25, -0.2) is 4.79 Å². The average Bonchev–Trinajstić information content (AvgIpc) is 2.34. The summed E-state index contributed by atoms with van der Waals surface area (Å²) < 4.78 is 0. The van der Waals surface area contributed by atoms with Crippen LogP contribution in [0.1, 0.15) is 28.4 Å². The average molecular weight is 274 g/mol. The SMILES string of the molecule is CNCCC(O)C(O)c1ccc(C(=O)O)c(Cl)c1. The number of aliphatic hydroxyl groups is 2.